The van der Waals surface area contributed by atoms with Gasteiger partial charge in [-0.3, -0.25) is 0 Å². The molecule has 5 heterocycles. The summed E-state index contributed by atoms with van der Waals surface area (Å²) in [6.07, 6.45) is 8.72. The molecule has 2 N–H and O–H groups in total. The van der Waals surface area contributed by atoms with Crippen molar-refractivity contribution in [2.45, 2.75) is 105 Å². The van der Waals surface area contributed by atoms with E-state index in [1.54, 1.807) is 0 Å². The highest BCUT2D eigenvalue weighted by atomic mass is 14.8. The molecule has 3 aromatic rings. The summed E-state index contributed by atoms with van der Waals surface area (Å²) in [5.41, 5.74) is 12.9. The number of hydrogen-bond acceptors (Lipinski definition) is 2. The lowest BCUT2D eigenvalue weighted by Crippen LogP contribution is -2.16. The molecule has 210 valence electrons. The monoisotopic (exact) mass is 534 g/mol. The summed E-state index contributed by atoms with van der Waals surface area (Å²) in [4.78, 5) is 18.3. The summed E-state index contributed by atoms with van der Waals surface area (Å²) in [6.45, 7) is 27.2. The van der Waals surface area contributed by atoms with Gasteiger partial charge in [-0.1, -0.05) is 83.1 Å². The molecule has 5 rings (SSSR count). The van der Waals surface area contributed by atoms with E-state index in [1.165, 1.54) is 22.3 Å². The van der Waals surface area contributed by atoms with Crippen molar-refractivity contribution in [3.05, 3.63) is 69.3 Å². The largest absolute Gasteiger partial charge is 0.355 e. The van der Waals surface area contributed by atoms with Crippen molar-refractivity contribution >= 4 is 46.4 Å². The van der Waals surface area contributed by atoms with Gasteiger partial charge in [0, 0.05) is 44.3 Å². The molecule has 2 aliphatic rings. The molecule has 8 bridgehead atoms. The Kier molecular flexibility index (Phi) is 6.37. The van der Waals surface area contributed by atoms with E-state index in [0.29, 0.717) is 0 Å². The van der Waals surface area contributed by atoms with Crippen molar-refractivity contribution in [2.75, 3.05) is 0 Å². The van der Waals surface area contributed by atoms with E-state index in [4.69, 9.17) is 9.97 Å². The zero-order valence-corrected chi connectivity index (χ0v) is 26.5. The molecule has 4 heteroatoms. The summed E-state index contributed by atoms with van der Waals surface area (Å²) < 4.78 is 0. The van der Waals surface area contributed by atoms with Gasteiger partial charge in [-0.2, -0.15) is 0 Å². The molecule has 0 saturated heterocycles. The first-order chi connectivity index (χ1) is 18.4. The highest BCUT2D eigenvalue weighted by Gasteiger charge is 2.28. The third-order valence-electron chi connectivity index (χ3n) is 7.75. The quantitative estimate of drug-likeness (QED) is 0.208. The summed E-state index contributed by atoms with van der Waals surface area (Å²) in [6, 6.07) is 8.92. The van der Waals surface area contributed by atoms with Crippen LogP contribution in [0, 0.1) is 0 Å². The molecule has 4 nitrogen and oxygen atoms in total. The van der Waals surface area contributed by atoms with Gasteiger partial charge in [-0.15, -0.1) is 0 Å². The van der Waals surface area contributed by atoms with E-state index in [1.807, 2.05) is 0 Å². The third kappa shape index (κ3) is 4.98. The van der Waals surface area contributed by atoms with Crippen LogP contribution in [-0.4, -0.2) is 19.9 Å². The molecule has 0 atom stereocenters. The summed E-state index contributed by atoms with van der Waals surface area (Å²) in [5.74, 6) is 0. The molecule has 3 aromatic heterocycles. The Morgan fingerprint density at radius 3 is 0.900 bits per heavy atom. The normalized spacial score (nSPS) is 14.3. The highest BCUT2D eigenvalue weighted by Crippen LogP contribution is 2.38. The van der Waals surface area contributed by atoms with Crippen LogP contribution in [0.5, 0.6) is 0 Å². The Bertz CT molecular complexity index is 1600. The van der Waals surface area contributed by atoms with Crippen molar-refractivity contribution < 1.29 is 0 Å². The average molecular weight is 535 g/mol. The fourth-order valence-electron chi connectivity index (χ4n) is 6.36. The molecule has 0 saturated carbocycles. The molecule has 0 radical (unpaired) electrons. The van der Waals surface area contributed by atoms with Crippen LogP contribution in [0.15, 0.2) is 24.3 Å². The van der Waals surface area contributed by atoms with Gasteiger partial charge in [0.1, 0.15) is 0 Å². The molecule has 0 amide bonds. The van der Waals surface area contributed by atoms with Crippen molar-refractivity contribution in [1.29, 1.82) is 0 Å². The smallest absolute Gasteiger partial charge is 0.0696 e. The van der Waals surface area contributed by atoms with E-state index in [2.05, 4.69) is 142 Å². The minimum atomic E-state index is -0.137. The van der Waals surface area contributed by atoms with Gasteiger partial charge in [0.15, 0.2) is 0 Å². The van der Waals surface area contributed by atoms with Crippen molar-refractivity contribution in [1.82, 2.24) is 19.9 Å². The van der Waals surface area contributed by atoms with E-state index >= 15 is 0 Å². The zero-order valence-electron chi connectivity index (χ0n) is 26.5. The van der Waals surface area contributed by atoms with Crippen LogP contribution in [0.1, 0.15) is 128 Å². The molecule has 0 fully saturated rings. The lowest BCUT2D eigenvalue weighted by molar-refractivity contribution is 0.581. The molecular formula is C36H46N4. The number of aromatic nitrogens is 4. The Balaban J connectivity index is 2.09. The first-order valence-corrected chi connectivity index (χ1v) is 14.5. The zero-order chi connectivity index (χ0) is 29.4. The lowest BCUT2D eigenvalue weighted by Gasteiger charge is -2.22. The molecule has 0 unspecified atom stereocenters. The second kappa shape index (κ2) is 9.06. The minimum Gasteiger partial charge on any atom is -0.355 e. The minimum absolute atomic E-state index is 0.0898. The maximum absolute atomic E-state index is 5.30. The standard InChI is InChI=1S/C36H46N4/c1-33(2,3)29-21-13-15-23(37-21)30(34(4,5)6)25-17-19-27(39-25)32(36(10,11)12)28-20-18-26(40-28)31(35(7,8)9)24-16-14-22(29)38-24/h13-20,37-38H,1-12H3. The lowest BCUT2D eigenvalue weighted by atomic mass is 9.84. The molecule has 2 aliphatic heterocycles. The van der Waals surface area contributed by atoms with Crippen LogP contribution < -0.4 is 0 Å². The number of hydrogen-bond donors (Lipinski definition) is 2. The van der Waals surface area contributed by atoms with Crippen molar-refractivity contribution in [2.24, 2.45) is 0 Å². The summed E-state index contributed by atoms with van der Waals surface area (Å²) in [7, 11) is 0. The fraction of sp³-hybridized carbons (Fsp3) is 0.444. The summed E-state index contributed by atoms with van der Waals surface area (Å²) >= 11 is 0. The SMILES string of the molecule is CC(C)(C)c1c2nc(c(C(C)(C)C)c3ccc([nH]3)c(C(C)(C)C)c3ccc([nH]3)c(C(C)(C)C)c3nc1C=C3)C=C2. The third-order valence-corrected chi connectivity index (χ3v) is 7.75. The van der Waals surface area contributed by atoms with E-state index in [-0.39, 0.29) is 21.7 Å². The topological polar surface area (TPSA) is 57.4 Å². The summed E-state index contributed by atoms with van der Waals surface area (Å²) in [5, 5.41) is 0. The van der Waals surface area contributed by atoms with Crippen LogP contribution in [-0.2, 0) is 21.7 Å². The van der Waals surface area contributed by atoms with E-state index in [0.717, 1.165) is 44.8 Å². The number of nitrogens with zero attached hydrogens (tertiary/aromatic N) is 2. The molecule has 0 aliphatic carbocycles. The Morgan fingerprint density at radius 1 is 0.375 bits per heavy atom. The van der Waals surface area contributed by atoms with Gasteiger partial charge >= 0.3 is 0 Å². The van der Waals surface area contributed by atoms with Crippen molar-refractivity contribution in [3.63, 3.8) is 0 Å². The second-order valence-electron chi connectivity index (χ2n) is 15.5. The number of nitrogens with one attached hydrogen (secondary N) is 2. The van der Waals surface area contributed by atoms with Gasteiger partial charge in [0.05, 0.1) is 22.8 Å². The Hall–Kier alpha value is -3.40. The predicted octanol–water partition coefficient (Wildman–Crippen LogP) is 9.85. The van der Waals surface area contributed by atoms with Gasteiger partial charge in [0.2, 0.25) is 0 Å². The van der Waals surface area contributed by atoms with Gasteiger partial charge in [-0.25, -0.2) is 9.97 Å². The van der Waals surface area contributed by atoms with Crippen molar-refractivity contribution in [3.8, 4) is 0 Å². The first-order valence-electron chi connectivity index (χ1n) is 14.5. The molecule has 0 spiro atoms. The molecule has 40 heavy (non-hydrogen) atoms. The van der Waals surface area contributed by atoms with Crippen LogP contribution >= 0.6 is 0 Å². The first kappa shape index (κ1) is 28.1. The molecular weight excluding hydrogens is 488 g/mol. The van der Waals surface area contributed by atoms with Crippen LogP contribution in [0.25, 0.3) is 46.4 Å². The fourth-order valence-corrected chi connectivity index (χ4v) is 6.36. The number of rotatable bonds is 0. The van der Waals surface area contributed by atoms with Crippen LogP contribution in [0.3, 0.4) is 0 Å². The highest BCUT2D eigenvalue weighted by molar-refractivity contribution is 5.85. The van der Waals surface area contributed by atoms with Gasteiger partial charge in [0.25, 0.3) is 0 Å². The van der Waals surface area contributed by atoms with E-state index < -0.39 is 0 Å². The van der Waals surface area contributed by atoms with Gasteiger partial charge < -0.3 is 9.97 Å². The predicted molar refractivity (Wildman–Crippen MR) is 174 cm³/mol. The molecule has 0 aromatic carbocycles. The maximum Gasteiger partial charge on any atom is 0.0696 e. The van der Waals surface area contributed by atoms with Crippen LogP contribution in [0.2, 0.25) is 0 Å². The average Bonchev–Trinajstić information content (AvgIpc) is 3.55. The Labute approximate surface area is 240 Å². The number of aromatic amines is 2. The van der Waals surface area contributed by atoms with E-state index in [9.17, 15) is 0 Å². The van der Waals surface area contributed by atoms with Gasteiger partial charge in [-0.05, 0) is 70.2 Å². The number of H-pyrrole nitrogens is 2. The Morgan fingerprint density at radius 2 is 0.625 bits per heavy atom. The maximum atomic E-state index is 5.30. The second-order valence-corrected chi connectivity index (χ2v) is 15.5. The number of fused-ring (bicyclic) bond motifs is 8. The van der Waals surface area contributed by atoms with Crippen LogP contribution in [0.4, 0.5) is 0 Å².